The Morgan fingerprint density at radius 2 is 1.89 bits per heavy atom. The number of nitrogens with zero attached hydrogens (tertiary/aromatic N) is 1. The minimum atomic E-state index is 0.283. The second-order valence-electron chi connectivity index (χ2n) is 9.02. The van der Waals surface area contributed by atoms with Gasteiger partial charge in [0.05, 0.1) is 30.0 Å². The van der Waals surface area contributed by atoms with E-state index in [-0.39, 0.29) is 6.04 Å². The first-order valence-corrected chi connectivity index (χ1v) is 12.8. The molecule has 0 spiro atoms. The van der Waals surface area contributed by atoms with Crippen molar-refractivity contribution in [3.05, 3.63) is 94.5 Å². The van der Waals surface area contributed by atoms with E-state index in [1.165, 1.54) is 16.8 Å². The molecular formula is C30H31ClN2O2. The van der Waals surface area contributed by atoms with Crippen molar-refractivity contribution in [3.8, 4) is 11.5 Å². The van der Waals surface area contributed by atoms with Gasteiger partial charge in [-0.15, -0.1) is 0 Å². The van der Waals surface area contributed by atoms with Gasteiger partial charge in [0.25, 0.3) is 0 Å². The lowest BCUT2D eigenvalue weighted by atomic mass is 9.77. The van der Waals surface area contributed by atoms with E-state index in [1.807, 2.05) is 25.3 Å². The summed E-state index contributed by atoms with van der Waals surface area (Å²) in [4.78, 5) is 4.69. The van der Waals surface area contributed by atoms with Gasteiger partial charge in [0, 0.05) is 17.8 Å². The van der Waals surface area contributed by atoms with Crippen LogP contribution in [-0.2, 0) is 0 Å². The number of hydrogen-bond donors (Lipinski definition) is 1. The molecule has 0 radical (unpaired) electrons. The highest BCUT2D eigenvalue weighted by Crippen LogP contribution is 2.49. The van der Waals surface area contributed by atoms with Crippen LogP contribution in [0.15, 0.2) is 77.8 Å². The summed E-state index contributed by atoms with van der Waals surface area (Å²) < 4.78 is 11.6. The van der Waals surface area contributed by atoms with E-state index in [2.05, 4.69) is 77.9 Å². The molecule has 35 heavy (non-hydrogen) atoms. The highest BCUT2D eigenvalue weighted by atomic mass is 35.5. The number of para-hydroxylation sites is 1. The third-order valence-electron chi connectivity index (χ3n) is 6.67. The molecule has 1 heterocycles. The summed E-state index contributed by atoms with van der Waals surface area (Å²) in [6.07, 6.45) is 8.51. The third-order valence-corrected chi connectivity index (χ3v) is 6.95. The van der Waals surface area contributed by atoms with Gasteiger partial charge < -0.3 is 14.8 Å². The van der Waals surface area contributed by atoms with E-state index < -0.39 is 0 Å². The number of anilines is 1. The maximum absolute atomic E-state index is 6.50. The summed E-state index contributed by atoms with van der Waals surface area (Å²) in [6, 6.07) is 21.3. The summed E-state index contributed by atoms with van der Waals surface area (Å²) >= 11 is 6.50. The zero-order chi connectivity index (χ0) is 24.2. The lowest BCUT2D eigenvalue weighted by Gasteiger charge is -2.37. The number of fused-ring (bicyclic) bond motifs is 3. The van der Waals surface area contributed by atoms with E-state index >= 15 is 0 Å². The van der Waals surface area contributed by atoms with Crippen molar-refractivity contribution in [1.82, 2.24) is 0 Å². The summed E-state index contributed by atoms with van der Waals surface area (Å²) in [5.41, 5.74) is 5.69. The standard InChI is InChI=1S/C30H31ClN2O2/c1-3-16-35-30-26(31)17-20(18-28(30)34-4-2)19-32-22-14-12-21(13-15-22)29-25-10-7-9-23(25)24-8-5-6-11-27(24)33-29/h5-9,11-15,17-19,23,25,29,33H,3-4,10,16H2,1-2H3/t23-,25-,29-/m0/s1. The molecule has 0 fully saturated rings. The maximum Gasteiger partial charge on any atom is 0.179 e. The molecule has 3 aromatic carbocycles. The largest absolute Gasteiger partial charge is 0.490 e. The first-order valence-electron chi connectivity index (χ1n) is 12.4. The van der Waals surface area contributed by atoms with Crippen LogP contribution in [0.4, 0.5) is 11.4 Å². The molecule has 0 saturated heterocycles. The fourth-order valence-electron chi connectivity index (χ4n) is 5.06. The maximum atomic E-state index is 6.50. The van der Waals surface area contributed by atoms with Crippen LogP contribution in [-0.4, -0.2) is 19.4 Å². The molecule has 0 saturated carbocycles. The van der Waals surface area contributed by atoms with Crippen molar-refractivity contribution in [2.45, 2.75) is 38.6 Å². The lowest BCUT2D eigenvalue weighted by molar-refractivity contribution is 0.277. The normalized spacial score (nSPS) is 20.4. The first-order chi connectivity index (χ1) is 17.2. The molecular weight excluding hydrogens is 456 g/mol. The Hall–Kier alpha value is -3.24. The summed E-state index contributed by atoms with van der Waals surface area (Å²) in [6.45, 7) is 5.15. The molecule has 0 aromatic heterocycles. The number of nitrogens with one attached hydrogen (secondary N) is 1. The second-order valence-corrected chi connectivity index (χ2v) is 9.43. The minimum absolute atomic E-state index is 0.283. The van der Waals surface area contributed by atoms with E-state index in [1.54, 1.807) is 0 Å². The molecule has 4 nitrogen and oxygen atoms in total. The van der Waals surface area contributed by atoms with Crippen molar-refractivity contribution in [2.24, 2.45) is 10.9 Å². The number of hydrogen-bond acceptors (Lipinski definition) is 4. The molecule has 1 aliphatic carbocycles. The van der Waals surface area contributed by atoms with E-state index in [0.29, 0.717) is 41.6 Å². The smallest absolute Gasteiger partial charge is 0.179 e. The van der Waals surface area contributed by atoms with Crippen LogP contribution in [0.25, 0.3) is 0 Å². The molecule has 5 rings (SSSR count). The number of ether oxygens (including phenoxy) is 2. The van der Waals surface area contributed by atoms with E-state index in [9.17, 15) is 0 Å². The molecule has 0 unspecified atom stereocenters. The molecule has 1 aliphatic heterocycles. The average molecular weight is 487 g/mol. The topological polar surface area (TPSA) is 42.8 Å². The van der Waals surface area contributed by atoms with Crippen LogP contribution < -0.4 is 14.8 Å². The molecule has 3 atom stereocenters. The molecule has 0 bridgehead atoms. The van der Waals surface area contributed by atoms with Crippen molar-refractivity contribution in [1.29, 1.82) is 0 Å². The Morgan fingerprint density at radius 3 is 2.69 bits per heavy atom. The quantitative estimate of drug-likeness (QED) is 0.258. The third kappa shape index (κ3) is 4.94. The van der Waals surface area contributed by atoms with Crippen LogP contribution in [0.3, 0.4) is 0 Å². The molecule has 3 aromatic rings. The SMILES string of the molecule is CCCOc1c(Cl)cc(C=Nc2ccc([C@@H]3Nc4ccccc4[C@@H]4C=CC[C@@H]43)cc2)cc1OCC. The minimum Gasteiger partial charge on any atom is -0.490 e. The highest BCUT2D eigenvalue weighted by Gasteiger charge is 2.37. The molecule has 1 N–H and O–H groups in total. The Balaban J connectivity index is 1.34. The Bertz CT molecular complexity index is 1240. The van der Waals surface area contributed by atoms with Gasteiger partial charge >= 0.3 is 0 Å². The average Bonchev–Trinajstić information content (AvgIpc) is 3.38. The summed E-state index contributed by atoms with van der Waals surface area (Å²) in [7, 11) is 0. The van der Waals surface area contributed by atoms with Gasteiger partial charge in [-0.05, 0) is 72.7 Å². The van der Waals surface area contributed by atoms with Crippen molar-refractivity contribution < 1.29 is 9.47 Å². The number of halogens is 1. The Morgan fingerprint density at radius 1 is 1.06 bits per heavy atom. The summed E-state index contributed by atoms with van der Waals surface area (Å²) in [5.74, 6) is 2.25. The van der Waals surface area contributed by atoms with Gasteiger partial charge in [-0.1, -0.05) is 61.0 Å². The number of allylic oxidation sites excluding steroid dienone is 2. The predicted molar refractivity (Wildman–Crippen MR) is 145 cm³/mol. The van der Waals surface area contributed by atoms with Gasteiger partial charge in [0.2, 0.25) is 0 Å². The van der Waals surface area contributed by atoms with E-state index in [4.69, 9.17) is 21.1 Å². The Kier molecular flexibility index (Phi) is 7.10. The number of rotatable bonds is 8. The monoisotopic (exact) mass is 486 g/mol. The van der Waals surface area contributed by atoms with Gasteiger partial charge in [0.15, 0.2) is 11.5 Å². The van der Waals surface area contributed by atoms with Crippen LogP contribution in [0, 0.1) is 5.92 Å². The fraction of sp³-hybridized carbons (Fsp3) is 0.300. The zero-order valence-electron chi connectivity index (χ0n) is 20.2. The lowest BCUT2D eigenvalue weighted by Crippen LogP contribution is -2.28. The summed E-state index contributed by atoms with van der Waals surface area (Å²) in [5, 5.41) is 4.32. The predicted octanol–water partition coefficient (Wildman–Crippen LogP) is 8.10. The number of aliphatic imine (C=N–C) groups is 1. The Labute approximate surface area is 212 Å². The molecule has 0 amide bonds. The van der Waals surface area contributed by atoms with Crippen molar-refractivity contribution in [3.63, 3.8) is 0 Å². The van der Waals surface area contributed by atoms with Crippen molar-refractivity contribution >= 4 is 29.2 Å². The molecule has 2 aliphatic rings. The molecule has 5 heteroatoms. The van der Waals surface area contributed by atoms with Crippen LogP contribution >= 0.6 is 11.6 Å². The zero-order valence-corrected chi connectivity index (χ0v) is 21.0. The van der Waals surface area contributed by atoms with Crippen LogP contribution in [0.1, 0.15) is 55.3 Å². The van der Waals surface area contributed by atoms with Gasteiger partial charge in [-0.25, -0.2) is 0 Å². The van der Waals surface area contributed by atoms with Crippen LogP contribution in [0.2, 0.25) is 5.02 Å². The first kappa shape index (κ1) is 23.5. The van der Waals surface area contributed by atoms with Gasteiger partial charge in [-0.3, -0.25) is 4.99 Å². The van der Waals surface area contributed by atoms with Gasteiger partial charge in [-0.2, -0.15) is 0 Å². The second kappa shape index (κ2) is 10.6. The van der Waals surface area contributed by atoms with Crippen molar-refractivity contribution in [2.75, 3.05) is 18.5 Å². The highest BCUT2D eigenvalue weighted by molar-refractivity contribution is 6.32. The van der Waals surface area contributed by atoms with E-state index in [0.717, 1.165) is 24.1 Å². The van der Waals surface area contributed by atoms with Gasteiger partial charge in [0.1, 0.15) is 0 Å². The van der Waals surface area contributed by atoms with Crippen LogP contribution in [0.5, 0.6) is 11.5 Å². The molecule has 180 valence electrons. The fourth-order valence-corrected chi connectivity index (χ4v) is 5.33. The number of benzene rings is 3.